The van der Waals surface area contributed by atoms with Crippen LogP contribution in [0.25, 0.3) is 0 Å². The number of hydrogen-bond donors (Lipinski definition) is 2. The molecule has 2 N–H and O–H groups in total. The molecule has 1 aromatic carbocycles. The van der Waals surface area contributed by atoms with Crippen LogP contribution in [0.2, 0.25) is 0 Å². The molecule has 0 atom stereocenters. The van der Waals surface area contributed by atoms with E-state index in [0.29, 0.717) is 12.0 Å². The summed E-state index contributed by atoms with van der Waals surface area (Å²) in [6.07, 6.45) is 0.388. The van der Waals surface area contributed by atoms with E-state index in [2.05, 4.69) is 0 Å². The van der Waals surface area contributed by atoms with Crippen molar-refractivity contribution in [2.24, 2.45) is 0 Å². The number of carboxylic acid groups (broad SMARTS) is 1. The van der Waals surface area contributed by atoms with Crippen molar-refractivity contribution >= 4 is 11.9 Å². The number of hydrogen-bond acceptors (Lipinski definition) is 4. The largest absolute Gasteiger partial charge is 0.478 e. The van der Waals surface area contributed by atoms with Gasteiger partial charge in [0.2, 0.25) is 0 Å². The smallest absolute Gasteiger partial charge is 0.338 e. The summed E-state index contributed by atoms with van der Waals surface area (Å²) in [6.45, 7) is 0.112. The maximum atomic E-state index is 11.3. The zero-order valence-electron chi connectivity index (χ0n) is 8.55. The molecule has 0 aromatic heterocycles. The van der Waals surface area contributed by atoms with Gasteiger partial charge in [0.15, 0.2) is 0 Å². The lowest BCUT2D eigenvalue weighted by Gasteiger charge is -2.03. The van der Waals surface area contributed by atoms with E-state index < -0.39 is 11.9 Å². The van der Waals surface area contributed by atoms with Gasteiger partial charge >= 0.3 is 11.9 Å². The molecule has 0 fully saturated rings. The summed E-state index contributed by atoms with van der Waals surface area (Å²) < 4.78 is 4.82. The highest BCUT2D eigenvalue weighted by Gasteiger charge is 2.08. The SMILES string of the molecule is O=C(O)c1ccc(C(=O)OCCCO)cc1. The summed E-state index contributed by atoms with van der Waals surface area (Å²) in [6, 6.07) is 5.46. The Morgan fingerprint density at radius 3 is 2.19 bits per heavy atom. The number of esters is 1. The van der Waals surface area contributed by atoms with Crippen molar-refractivity contribution in [2.75, 3.05) is 13.2 Å². The van der Waals surface area contributed by atoms with E-state index in [-0.39, 0.29) is 18.8 Å². The van der Waals surface area contributed by atoms with Gasteiger partial charge in [0.25, 0.3) is 0 Å². The minimum atomic E-state index is -1.04. The molecule has 0 aliphatic rings. The van der Waals surface area contributed by atoms with Gasteiger partial charge in [-0.1, -0.05) is 0 Å². The van der Waals surface area contributed by atoms with Crippen molar-refractivity contribution in [3.63, 3.8) is 0 Å². The third kappa shape index (κ3) is 3.36. The molecule has 0 aliphatic carbocycles. The number of benzene rings is 1. The van der Waals surface area contributed by atoms with Crippen molar-refractivity contribution in [1.29, 1.82) is 0 Å². The Labute approximate surface area is 92.3 Å². The monoisotopic (exact) mass is 224 g/mol. The Morgan fingerprint density at radius 2 is 1.69 bits per heavy atom. The maximum Gasteiger partial charge on any atom is 0.338 e. The van der Waals surface area contributed by atoms with Crippen LogP contribution in [0, 0.1) is 0 Å². The number of aromatic carboxylic acids is 1. The number of carboxylic acids is 1. The zero-order chi connectivity index (χ0) is 12.0. The summed E-state index contributed by atoms with van der Waals surface area (Å²) in [4.78, 5) is 21.9. The number of rotatable bonds is 5. The summed E-state index contributed by atoms with van der Waals surface area (Å²) in [7, 11) is 0. The standard InChI is InChI=1S/C11H12O5/c12-6-1-7-16-11(15)9-4-2-8(3-5-9)10(13)14/h2-5,12H,1,6-7H2,(H,13,14). The molecular weight excluding hydrogens is 212 g/mol. The van der Waals surface area contributed by atoms with E-state index in [1.54, 1.807) is 0 Å². The summed E-state index contributed by atoms with van der Waals surface area (Å²) in [5.74, 6) is -1.56. The van der Waals surface area contributed by atoms with Crippen molar-refractivity contribution in [3.05, 3.63) is 35.4 Å². The first kappa shape index (κ1) is 12.2. The minimum Gasteiger partial charge on any atom is -0.478 e. The summed E-state index contributed by atoms with van der Waals surface area (Å²) in [5.41, 5.74) is 0.412. The molecule has 1 rings (SSSR count). The molecule has 5 heteroatoms. The molecule has 86 valence electrons. The third-order valence-corrected chi connectivity index (χ3v) is 1.90. The number of ether oxygens (including phenoxy) is 1. The van der Waals surface area contributed by atoms with E-state index in [4.69, 9.17) is 14.9 Å². The van der Waals surface area contributed by atoms with Crippen LogP contribution in [0.4, 0.5) is 0 Å². The van der Waals surface area contributed by atoms with Crippen LogP contribution in [0.15, 0.2) is 24.3 Å². The second-order valence-corrected chi connectivity index (χ2v) is 3.10. The van der Waals surface area contributed by atoms with E-state index in [0.717, 1.165) is 0 Å². The lowest BCUT2D eigenvalue weighted by Crippen LogP contribution is -2.08. The van der Waals surface area contributed by atoms with Gasteiger partial charge < -0.3 is 14.9 Å². The molecule has 16 heavy (non-hydrogen) atoms. The van der Waals surface area contributed by atoms with Gasteiger partial charge in [-0.2, -0.15) is 0 Å². The molecule has 0 unspecified atom stereocenters. The highest BCUT2D eigenvalue weighted by atomic mass is 16.5. The Morgan fingerprint density at radius 1 is 1.12 bits per heavy atom. The molecule has 0 radical (unpaired) electrons. The predicted molar refractivity (Wildman–Crippen MR) is 55.4 cm³/mol. The quantitative estimate of drug-likeness (QED) is 0.574. The summed E-state index contributed by atoms with van der Waals surface area (Å²) in [5, 5.41) is 17.1. The van der Waals surface area contributed by atoms with E-state index in [1.165, 1.54) is 24.3 Å². The van der Waals surface area contributed by atoms with Gasteiger partial charge in [-0.3, -0.25) is 0 Å². The van der Waals surface area contributed by atoms with Crippen molar-refractivity contribution < 1.29 is 24.5 Å². The normalized spacial score (nSPS) is 9.81. The lowest BCUT2D eigenvalue weighted by molar-refractivity contribution is 0.0481. The third-order valence-electron chi connectivity index (χ3n) is 1.90. The minimum absolute atomic E-state index is 0.0365. The van der Waals surface area contributed by atoms with Crippen LogP contribution >= 0.6 is 0 Å². The maximum absolute atomic E-state index is 11.3. The van der Waals surface area contributed by atoms with Crippen molar-refractivity contribution in [3.8, 4) is 0 Å². The van der Waals surface area contributed by atoms with Crippen LogP contribution in [-0.4, -0.2) is 35.4 Å². The molecule has 0 bridgehead atoms. The average molecular weight is 224 g/mol. The molecule has 0 aliphatic heterocycles. The predicted octanol–water partition coefficient (Wildman–Crippen LogP) is 0.924. The fourth-order valence-corrected chi connectivity index (χ4v) is 1.06. The van der Waals surface area contributed by atoms with Crippen LogP contribution in [-0.2, 0) is 4.74 Å². The van der Waals surface area contributed by atoms with Crippen molar-refractivity contribution in [2.45, 2.75) is 6.42 Å². The first-order valence-corrected chi connectivity index (χ1v) is 4.76. The van der Waals surface area contributed by atoms with Crippen LogP contribution < -0.4 is 0 Å². The van der Waals surface area contributed by atoms with Crippen LogP contribution in [0.3, 0.4) is 0 Å². The Balaban J connectivity index is 2.59. The zero-order valence-corrected chi connectivity index (χ0v) is 8.55. The second-order valence-electron chi connectivity index (χ2n) is 3.10. The topological polar surface area (TPSA) is 83.8 Å². The van der Waals surface area contributed by atoms with Crippen LogP contribution in [0.1, 0.15) is 27.1 Å². The first-order valence-electron chi connectivity index (χ1n) is 4.76. The first-order chi connectivity index (χ1) is 7.65. The molecule has 0 saturated carbocycles. The van der Waals surface area contributed by atoms with Gasteiger partial charge in [0, 0.05) is 13.0 Å². The van der Waals surface area contributed by atoms with E-state index in [1.807, 2.05) is 0 Å². The van der Waals surface area contributed by atoms with E-state index >= 15 is 0 Å². The Kier molecular flexibility index (Phi) is 4.47. The van der Waals surface area contributed by atoms with Gasteiger partial charge in [-0.25, -0.2) is 9.59 Å². The van der Waals surface area contributed by atoms with Crippen LogP contribution in [0.5, 0.6) is 0 Å². The van der Waals surface area contributed by atoms with Gasteiger partial charge in [-0.15, -0.1) is 0 Å². The number of carbonyl (C=O) groups is 2. The second kappa shape index (κ2) is 5.87. The van der Waals surface area contributed by atoms with Gasteiger partial charge in [0.05, 0.1) is 17.7 Å². The number of aliphatic hydroxyl groups excluding tert-OH is 1. The van der Waals surface area contributed by atoms with Crippen molar-refractivity contribution in [1.82, 2.24) is 0 Å². The fraction of sp³-hybridized carbons (Fsp3) is 0.273. The molecule has 1 aromatic rings. The Hall–Kier alpha value is -1.88. The molecule has 5 nitrogen and oxygen atoms in total. The Bertz CT molecular complexity index is 368. The van der Waals surface area contributed by atoms with Gasteiger partial charge in [-0.05, 0) is 24.3 Å². The number of aliphatic hydroxyl groups is 1. The molecule has 0 heterocycles. The average Bonchev–Trinajstić information content (AvgIpc) is 2.29. The molecular formula is C11H12O5. The highest BCUT2D eigenvalue weighted by molar-refractivity contribution is 5.92. The lowest BCUT2D eigenvalue weighted by atomic mass is 10.1. The highest BCUT2D eigenvalue weighted by Crippen LogP contribution is 2.06. The van der Waals surface area contributed by atoms with Gasteiger partial charge in [0.1, 0.15) is 0 Å². The van der Waals surface area contributed by atoms with E-state index in [9.17, 15) is 9.59 Å². The molecule has 0 saturated heterocycles. The summed E-state index contributed by atoms with van der Waals surface area (Å²) >= 11 is 0. The molecule has 0 amide bonds. The fourth-order valence-electron chi connectivity index (χ4n) is 1.06. The molecule has 0 spiro atoms. The number of carbonyl (C=O) groups excluding carboxylic acids is 1.